The largest absolute Gasteiger partial charge is 0.486 e. The molecular weight excluding hydrogens is 430 g/mol. The third-order valence-electron chi connectivity index (χ3n) is 7.43. The smallest absolute Gasteiger partial charge is 0.220 e. The molecule has 1 heterocycles. The molecule has 1 aliphatic carbocycles. The molecule has 0 aromatic heterocycles. The summed E-state index contributed by atoms with van der Waals surface area (Å²) in [6.07, 6.45) is 13.8. The molecule has 0 unspecified atom stereocenters. The lowest BCUT2D eigenvalue weighted by Gasteiger charge is -2.33. The summed E-state index contributed by atoms with van der Waals surface area (Å²) in [6, 6.07) is 5.08. The average molecular weight is 474 g/mol. The van der Waals surface area contributed by atoms with Crippen molar-refractivity contribution in [3.05, 3.63) is 23.8 Å². The first-order chi connectivity index (χ1) is 16.6. The van der Waals surface area contributed by atoms with E-state index in [4.69, 9.17) is 9.47 Å². The standard InChI is InChI=1S/C28H43NO5/c1-2-3-4-5-7-12-26(31)29-23(11-10-17-28(21-30)15-8-6-9-16-28)27(32)22-13-14-24-25(20-22)34-19-18-33-24/h13-14,20-21,23,27,32H,2-12,15-19H2,1H3,(H,29,31)/t23-,27-/m1/s1. The van der Waals surface area contributed by atoms with Crippen molar-refractivity contribution in [3.8, 4) is 11.5 Å². The van der Waals surface area contributed by atoms with Gasteiger partial charge in [0.25, 0.3) is 0 Å². The molecule has 0 bridgehead atoms. The van der Waals surface area contributed by atoms with E-state index in [0.29, 0.717) is 43.1 Å². The van der Waals surface area contributed by atoms with Gasteiger partial charge in [-0.1, -0.05) is 64.4 Å². The number of aliphatic hydroxyl groups is 1. The summed E-state index contributed by atoms with van der Waals surface area (Å²) in [5.41, 5.74) is 0.480. The van der Waals surface area contributed by atoms with E-state index in [1.807, 2.05) is 18.2 Å². The Balaban J connectivity index is 1.62. The van der Waals surface area contributed by atoms with Gasteiger partial charge in [0.1, 0.15) is 19.5 Å². The lowest BCUT2D eigenvalue weighted by Crippen LogP contribution is -2.39. The van der Waals surface area contributed by atoms with E-state index >= 15 is 0 Å². The number of benzene rings is 1. The summed E-state index contributed by atoms with van der Waals surface area (Å²) in [7, 11) is 0. The summed E-state index contributed by atoms with van der Waals surface area (Å²) in [5.74, 6) is 1.30. The number of ether oxygens (including phenoxy) is 2. The van der Waals surface area contributed by atoms with E-state index < -0.39 is 12.1 Å². The molecule has 1 saturated carbocycles. The lowest BCUT2D eigenvalue weighted by molar-refractivity contribution is -0.123. The molecule has 0 saturated heterocycles. The van der Waals surface area contributed by atoms with Crippen molar-refractivity contribution in [2.75, 3.05) is 13.2 Å². The third kappa shape index (κ3) is 7.72. The van der Waals surface area contributed by atoms with Gasteiger partial charge in [-0.05, 0) is 49.8 Å². The Kier molecular flexibility index (Phi) is 10.7. The monoisotopic (exact) mass is 473 g/mol. The fraction of sp³-hybridized carbons (Fsp3) is 0.714. The Morgan fingerprint density at radius 1 is 1.06 bits per heavy atom. The zero-order valence-electron chi connectivity index (χ0n) is 20.9. The predicted octanol–water partition coefficient (Wildman–Crippen LogP) is 5.66. The fourth-order valence-corrected chi connectivity index (χ4v) is 5.31. The molecule has 34 heavy (non-hydrogen) atoms. The molecule has 6 heteroatoms. The molecule has 3 rings (SSSR count). The zero-order valence-corrected chi connectivity index (χ0v) is 20.9. The first kappa shape index (κ1) is 26.5. The molecule has 2 N–H and O–H groups in total. The number of carbonyl (C=O) groups excluding carboxylic acids is 2. The maximum absolute atomic E-state index is 12.7. The normalized spacial score (nSPS) is 18.6. The van der Waals surface area contributed by atoms with Crippen LogP contribution in [0.3, 0.4) is 0 Å². The predicted molar refractivity (Wildman–Crippen MR) is 133 cm³/mol. The van der Waals surface area contributed by atoms with Crippen molar-refractivity contribution in [1.29, 1.82) is 0 Å². The molecule has 1 amide bonds. The van der Waals surface area contributed by atoms with Crippen LogP contribution in [-0.4, -0.2) is 36.6 Å². The van der Waals surface area contributed by atoms with E-state index in [-0.39, 0.29) is 11.3 Å². The molecule has 1 aliphatic heterocycles. The fourth-order valence-electron chi connectivity index (χ4n) is 5.31. The summed E-state index contributed by atoms with van der Waals surface area (Å²) in [5, 5.41) is 14.4. The van der Waals surface area contributed by atoms with E-state index in [9.17, 15) is 14.7 Å². The zero-order chi connectivity index (χ0) is 24.2. The molecule has 1 aromatic rings. The van der Waals surface area contributed by atoms with E-state index in [0.717, 1.165) is 64.1 Å². The highest BCUT2D eigenvalue weighted by molar-refractivity contribution is 5.76. The molecule has 6 nitrogen and oxygen atoms in total. The van der Waals surface area contributed by atoms with Crippen molar-refractivity contribution in [3.63, 3.8) is 0 Å². The van der Waals surface area contributed by atoms with Crippen LogP contribution in [0.5, 0.6) is 11.5 Å². The van der Waals surface area contributed by atoms with Crippen LogP contribution >= 0.6 is 0 Å². The van der Waals surface area contributed by atoms with Gasteiger partial charge in [0.05, 0.1) is 12.1 Å². The quantitative estimate of drug-likeness (QED) is 0.269. The molecule has 0 spiro atoms. The van der Waals surface area contributed by atoms with E-state index in [2.05, 4.69) is 12.2 Å². The summed E-state index contributed by atoms with van der Waals surface area (Å²) in [6.45, 7) is 3.18. The van der Waals surface area contributed by atoms with Crippen LogP contribution < -0.4 is 14.8 Å². The second-order valence-corrected chi connectivity index (χ2v) is 10.1. The van der Waals surface area contributed by atoms with Crippen molar-refractivity contribution >= 4 is 12.2 Å². The number of carbonyl (C=O) groups is 2. The van der Waals surface area contributed by atoms with Gasteiger partial charge in [0.15, 0.2) is 11.5 Å². The van der Waals surface area contributed by atoms with Crippen LogP contribution in [0.1, 0.15) is 108 Å². The highest BCUT2D eigenvalue weighted by atomic mass is 16.6. The number of aldehydes is 1. The summed E-state index contributed by atoms with van der Waals surface area (Å²) in [4.78, 5) is 24.6. The number of amides is 1. The number of nitrogens with one attached hydrogen (secondary N) is 1. The summed E-state index contributed by atoms with van der Waals surface area (Å²) < 4.78 is 11.3. The molecule has 0 radical (unpaired) electrons. The number of unbranched alkanes of at least 4 members (excludes halogenated alkanes) is 4. The second-order valence-electron chi connectivity index (χ2n) is 10.1. The van der Waals surface area contributed by atoms with Gasteiger partial charge in [-0.3, -0.25) is 4.79 Å². The third-order valence-corrected chi connectivity index (χ3v) is 7.43. The first-order valence-corrected chi connectivity index (χ1v) is 13.4. The Bertz CT molecular complexity index is 774. The topological polar surface area (TPSA) is 84.9 Å². The molecular formula is C28H43NO5. The molecule has 1 fully saturated rings. The number of fused-ring (bicyclic) bond motifs is 1. The molecule has 190 valence electrons. The van der Waals surface area contributed by atoms with E-state index in [1.165, 1.54) is 19.3 Å². The number of rotatable bonds is 14. The Labute approximate surface area is 204 Å². The van der Waals surface area contributed by atoms with Crippen LogP contribution in [0.4, 0.5) is 0 Å². The van der Waals surface area contributed by atoms with Gasteiger partial charge >= 0.3 is 0 Å². The number of aliphatic hydroxyl groups excluding tert-OH is 1. The van der Waals surface area contributed by atoms with Crippen molar-refractivity contribution in [1.82, 2.24) is 5.32 Å². The van der Waals surface area contributed by atoms with Gasteiger partial charge in [-0.15, -0.1) is 0 Å². The molecule has 2 atom stereocenters. The van der Waals surface area contributed by atoms with Crippen LogP contribution in [0.25, 0.3) is 0 Å². The maximum atomic E-state index is 12.7. The van der Waals surface area contributed by atoms with Gasteiger partial charge in [0, 0.05) is 11.8 Å². The van der Waals surface area contributed by atoms with Crippen molar-refractivity contribution in [2.24, 2.45) is 5.41 Å². The van der Waals surface area contributed by atoms with Crippen LogP contribution in [0.15, 0.2) is 18.2 Å². The number of hydrogen-bond donors (Lipinski definition) is 2. The van der Waals surface area contributed by atoms with E-state index in [1.54, 1.807) is 0 Å². The molecule has 2 aliphatic rings. The van der Waals surface area contributed by atoms with Crippen molar-refractivity contribution < 1.29 is 24.2 Å². The Hall–Kier alpha value is -2.08. The number of hydrogen-bond acceptors (Lipinski definition) is 5. The maximum Gasteiger partial charge on any atom is 0.220 e. The van der Waals surface area contributed by atoms with Crippen LogP contribution in [0, 0.1) is 5.41 Å². The van der Waals surface area contributed by atoms with Gasteiger partial charge in [-0.2, -0.15) is 0 Å². The van der Waals surface area contributed by atoms with Crippen LogP contribution in [0.2, 0.25) is 0 Å². The van der Waals surface area contributed by atoms with Crippen LogP contribution in [-0.2, 0) is 9.59 Å². The van der Waals surface area contributed by atoms with Crippen molar-refractivity contribution in [2.45, 2.75) is 109 Å². The molecule has 1 aromatic carbocycles. The second kappa shape index (κ2) is 13.7. The Morgan fingerprint density at radius 3 is 2.53 bits per heavy atom. The Morgan fingerprint density at radius 2 is 1.79 bits per heavy atom. The average Bonchev–Trinajstić information content (AvgIpc) is 2.88. The summed E-state index contributed by atoms with van der Waals surface area (Å²) >= 11 is 0. The van der Waals surface area contributed by atoms with Gasteiger partial charge < -0.3 is 24.7 Å². The minimum Gasteiger partial charge on any atom is -0.486 e. The highest BCUT2D eigenvalue weighted by Crippen LogP contribution is 2.39. The minimum absolute atomic E-state index is 0.0131. The van der Waals surface area contributed by atoms with Gasteiger partial charge in [-0.25, -0.2) is 0 Å². The minimum atomic E-state index is -0.849. The highest BCUT2D eigenvalue weighted by Gasteiger charge is 2.32. The SMILES string of the molecule is CCCCCCCC(=O)N[C@H](CCCC1(C=O)CCCCC1)[C@H](O)c1ccc2c(c1)OCCO2. The first-order valence-electron chi connectivity index (χ1n) is 13.4. The lowest BCUT2D eigenvalue weighted by atomic mass is 9.72. The van der Waals surface area contributed by atoms with Gasteiger partial charge in [0.2, 0.25) is 5.91 Å².